The van der Waals surface area contributed by atoms with Crippen LogP contribution in [0.5, 0.6) is 0 Å². The summed E-state index contributed by atoms with van der Waals surface area (Å²) in [6.07, 6.45) is 5.85. The van der Waals surface area contributed by atoms with Gasteiger partial charge in [-0.1, -0.05) is 32.0 Å². The van der Waals surface area contributed by atoms with E-state index in [4.69, 9.17) is 0 Å². The predicted molar refractivity (Wildman–Crippen MR) is 78.9 cm³/mol. The van der Waals surface area contributed by atoms with Crippen molar-refractivity contribution in [2.75, 3.05) is 13.1 Å². The molecule has 2 heteroatoms. The summed E-state index contributed by atoms with van der Waals surface area (Å²) in [6, 6.07) is 8.55. The van der Waals surface area contributed by atoms with Gasteiger partial charge >= 0.3 is 0 Å². The van der Waals surface area contributed by atoms with E-state index in [0.29, 0.717) is 0 Å². The lowest BCUT2D eigenvalue weighted by atomic mass is 10.1. The Hall–Kier alpha value is -1.28. The van der Waals surface area contributed by atoms with Gasteiger partial charge in [-0.2, -0.15) is 0 Å². The second kappa shape index (κ2) is 6.60. The van der Waals surface area contributed by atoms with Crippen molar-refractivity contribution in [3.05, 3.63) is 36.0 Å². The van der Waals surface area contributed by atoms with Crippen LogP contribution in [0.2, 0.25) is 0 Å². The zero-order valence-corrected chi connectivity index (χ0v) is 11.5. The van der Waals surface area contributed by atoms with Crippen LogP contribution in [0.4, 0.5) is 0 Å². The van der Waals surface area contributed by atoms with Gasteiger partial charge in [-0.15, -0.1) is 0 Å². The Morgan fingerprint density at radius 2 is 2.00 bits per heavy atom. The molecule has 2 N–H and O–H groups in total. The molecule has 2 nitrogen and oxygen atoms in total. The van der Waals surface area contributed by atoms with Crippen LogP contribution in [-0.4, -0.2) is 18.1 Å². The fourth-order valence-electron chi connectivity index (χ4n) is 2.29. The Bertz CT molecular complexity index is 471. The number of hydrogen-bond donors (Lipinski definition) is 2. The minimum absolute atomic E-state index is 0.749. The first-order valence-electron chi connectivity index (χ1n) is 7.03. The van der Waals surface area contributed by atoms with Crippen molar-refractivity contribution in [1.82, 2.24) is 10.3 Å². The third kappa shape index (κ3) is 3.61. The van der Waals surface area contributed by atoms with Gasteiger partial charge in [0, 0.05) is 17.1 Å². The maximum Gasteiger partial charge on any atom is 0.0456 e. The van der Waals surface area contributed by atoms with Crippen LogP contribution < -0.4 is 5.32 Å². The zero-order chi connectivity index (χ0) is 12.8. The predicted octanol–water partition coefficient (Wildman–Crippen LogP) is 3.74. The Morgan fingerprint density at radius 3 is 2.83 bits per heavy atom. The van der Waals surface area contributed by atoms with Crippen molar-refractivity contribution in [3.63, 3.8) is 0 Å². The van der Waals surface area contributed by atoms with Crippen LogP contribution in [0.1, 0.15) is 32.3 Å². The number of aryl methyl sites for hydroxylation is 1. The number of benzene rings is 1. The number of aromatic nitrogens is 1. The molecule has 18 heavy (non-hydrogen) atoms. The van der Waals surface area contributed by atoms with Gasteiger partial charge in [0.15, 0.2) is 0 Å². The molecule has 1 heterocycles. The third-order valence-corrected chi connectivity index (χ3v) is 3.28. The number of hydrogen-bond acceptors (Lipinski definition) is 1. The van der Waals surface area contributed by atoms with Crippen molar-refractivity contribution in [2.24, 2.45) is 5.92 Å². The first-order valence-corrected chi connectivity index (χ1v) is 7.03. The van der Waals surface area contributed by atoms with Crippen molar-refractivity contribution >= 4 is 10.9 Å². The van der Waals surface area contributed by atoms with E-state index >= 15 is 0 Å². The van der Waals surface area contributed by atoms with Gasteiger partial charge in [0.2, 0.25) is 0 Å². The molecule has 1 aromatic carbocycles. The maximum atomic E-state index is 3.49. The molecule has 0 unspecified atom stereocenters. The van der Waals surface area contributed by atoms with Crippen LogP contribution in [-0.2, 0) is 6.42 Å². The molecule has 0 aliphatic carbocycles. The largest absolute Gasteiger partial charge is 0.361 e. The van der Waals surface area contributed by atoms with Crippen molar-refractivity contribution < 1.29 is 0 Å². The summed E-state index contributed by atoms with van der Waals surface area (Å²) in [4.78, 5) is 3.34. The lowest BCUT2D eigenvalue weighted by Crippen LogP contribution is -2.20. The third-order valence-electron chi connectivity index (χ3n) is 3.28. The topological polar surface area (TPSA) is 27.8 Å². The molecule has 0 bridgehead atoms. The number of rotatable bonds is 7. The summed E-state index contributed by atoms with van der Waals surface area (Å²) in [5.74, 6) is 0.749. The number of para-hydroxylation sites is 1. The molecule has 0 fully saturated rings. The highest BCUT2D eigenvalue weighted by Gasteiger charge is 2.02. The van der Waals surface area contributed by atoms with Gasteiger partial charge in [-0.25, -0.2) is 0 Å². The van der Waals surface area contributed by atoms with Gasteiger partial charge in [-0.3, -0.25) is 0 Å². The fraction of sp³-hybridized carbons (Fsp3) is 0.500. The van der Waals surface area contributed by atoms with E-state index < -0.39 is 0 Å². The summed E-state index contributed by atoms with van der Waals surface area (Å²) in [5.41, 5.74) is 2.71. The zero-order valence-electron chi connectivity index (χ0n) is 11.5. The molecule has 0 atom stereocenters. The number of aromatic amines is 1. The molecule has 2 aromatic rings. The Morgan fingerprint density at radius 1 is 1.17 bits per heavy atom. The quantitative estimate of drug-likeness (QED) is 0.714. The van der Waals surface area contributed by atoms with E-state index in [1.54, 1.807) is 0 Å². The highest BCUT2D eigenvalue weighted by atomic mass is 14.8. The monoisotopic (exact) mass is 244 g/mol. The summed E-state index contributed by atoms with van der Waals surface area (Å²) in [6.45, 7) is 6.77. The van der Waals surface area contributed by atoms with E-state index in [-0.39, 0.29) is 0 Å². The van der Waals surface area contributed by atoms with Crippen LogP contribution in [0.3, 0.4) is 0 Å². The molecule has 2 rings (SSSR count). The highest BCUT2D eigenvalue weighted by Crippen LogP contribution is 2.19. The van der Waals surface area contributed by atoms with Crippen molar-refractivity contribution in [2.45, 2.75) is 33.1 Å². The summed E-state index contributed by atoms with van der Waals surface area (Å²) < 4.78 is 0. The van der Waals surface area contributed by atoms with Crippen molar-refractivity contribution in [3.8, 4) is 0 Å². The van der Waals surface area contributed by atoms with Crippen molar-refractivity contribution in [1.29, 1.82) is 0 Å². The standard InChI is InChI=1S/C16H24N2/c1-13(2)11-17-10-6-5-7-14-12-18-16-9-4-3-8-15(14)16/h3-4,8-9,12-13,17-18H,5-7,10-11H2,1-2H3. The molecule has 98 valence electrons. The number of fused-ring (bicyclic) bond motifs is 1. The Balaban J connectivity index is 1.74. The van der Waals surface area contributed by atoms with E-state index in [2.05, 4.69) is 54.6 Å². The lowest BCUT2D eigenvalue weighted by Gasteiger charge is -2.06. The maximum absolute atomic E-state index is 3.49. The van der Waals surface area contributed by atoms with Gasteiger partial charge in [0.25, 0.3) is 0 Å². The van der Waals surface area contributed by atoms with Crippen LogP contribution in [0.15, 0.2) is 30.5 Å². The normalized spacial score (nSPS) is 11.5. The minimum Gasteiger partial charge on any atom is -0.361 e. The number of H-pyrrole nitrogens is 1. The summed E-state index contributed by atoms with van der Waals surface area (Å²) >= 11 is 0. The average molecular weight is 244 g/mol. The van der Waals surface area contributed by atoms with Crippen LogP contribution >= 0.6 is 0 Å². The molecule has 0 aliphatic rings. The Labute approximate surface area is 110 Å². The van der Waals surface area contributed by atoms with E-state index in [1.165, 1.54) is 35.7 Å². The van der Waals surface area contributed by atoms with Gasteiger partial charge in [0.05, 0.1) is 0 Å². The molecule has 1 aromatic heterocycles. The molecule has 0 spiro atoms. The molecular weight excluding hydrogens is 220 g/mol. The average Bonchev–Trinajstić information content (AvgIpc) is 2.77. The SMILES string of the molecule is CC(C)CNCCCCc1c[nH]c2ccccc12. The van der Waals surface area contributed by atoms with E-state index in [0.717, 1.165) is 19.0 Å². The first-order chi connectivity index (χ1) is 8.77. The van der Waals surface area contributed by atoms with Crippen LogP contribution in [0, 0.1) is 5.92 Å². The number of nitrogens with one attached hydrogen (secondary N) is 2. The van der Waals surface area contributed by atoms with Gasteiger partial charge < -0.3 is 10.3 Å². The molecule has 0 amide bonds. The highest BCUT2D eigenvalue weighted by molar-refractivity contribution is 5.82. The fourth-order valence-corrected chi connectivity index (χ4v) is 2.29. The molecule has 0 aliphatic heterocycles. The smallest absolute Gasteiger partial charge is 0.0456 e. The summed E-state index contributed by atoms with van der Waals surface area (Å²) in [7, 11) is 0. The molecule has 0 radical (unpaired) electrons. The molecule has 0 saturated heterocycles. The van der Waals surface area contributed by atoms with E-state index in [9.17, 15) is 0 Å². The summed E-state index contributed by atoms with van der Waals surface area (Å²) in [5, 5.41) is 4.88. The van der Waals surface area contributed by atoms with Gasteiger partial charge in [-0.05, 0) is 49.9 Å². The van der Waals surface area contributed by atoms with Gasteiger partial charge in [0.1, 0.15) is 0 Å². The Kier molecular flexibility index (Phi) is 4.82. The second-order valence-electron chi connectivity index (χ2n) is 5.41. The molecule has 0 saturated carbocycles. The minimum atomic E-state index is 0.749. The van der Waals surface area contributed by atoms with E-state index in [1.807, 2.05) is 0 Å². The lowest BCUT2D eigenvalue weighted by molar-refractivity contribution is 0.536. The first kappa shape index (κ1) is 13.2. The number of unbranched alkanes of at least 4 members (excludes halogenated alkanes) is 1. The second-order valence-corrected chi connectivity index (χ2v) is 5.41. The van der Waals surface area contributed by atoms with Crippen LogP contribution in [0.25, 0.3) is 10.9 Å². The molecular formula is C16H24N2.